The number of ether oxygens (including phenoxy) is 39. The van der Waals surface area contributed by atoms with Crippen molar-refractivity contribution >= 4 is 0 Å². The highest BCUT2D eigenvalue weighted by atomic mass is 16.6. The first-order valence-electron chi connectivity index (χ1n) is 42.5. The van der Waals surface area contributed by atoms with Gasteiger partial charge in [0.2, 0.25) is 0 Å². The van der Waals surface area contributed by atoms with E-state index in [1.165, 1.54) is 0 Å². The van der Waals surface area contributed by atoms with Gasteiger partial charge in [0.05, 0.1) is 515 Å². The van der Waals surface area contributed by atoms with Crippen molar-refractivity contribution in [3.8, 4) is 0 Å². The lowest BCUT2D eigenvalue weighted by atomic mass is 10.6. The Morgan fingerprint density at radius 2 is 0.134 bits per heavy atom. The molecule has 0 aromatic carbocycles. The molecule has 40 heteroatoms. The van der Waals surface area contributed by atoms with E-state index in [2.05, 4.69) is 0 Å². The van der Waals surface area contributed by atoms with Crippen LogP contribution in [0.3, 0.4) is 0 Å². The largest absolute Gasteiger partial charge is 0.394 e. The van der Waals surface area contributed by atoms with Gasteiger partial charge in [-0.05, 0) is 0 Å². The molecule has 0 unspecified atom stereocenters. The lowest BCUT2D eigenvalue weighted by Gasteiger charge is -2.09. The van der Waals surface area contributed by atoms with Gasteiger partial charge in [0.15, 0.2) is 0 Å². The van der Waals surface area contributed by atoms with Crippen LogP contribution in [0.25, 0.3) is 0 Å². The average molecular weight is 1750 g/mol. The zero-order valence-corrected chi connectivity index (χ0v) is 72.5. The van der Waals surface area contributed by atoms with Crippen molar-refractivity contribution in [2.24, 2.45) is 0 Å². The Bertz CT molecular complexity index is 1540. The molecule has 0 aromatic rings. The minimum absolute atomic E-state index is 0.0150. The summed E-state index contributed by atoms with van der Waals surface area (Å²) in [7, 11) is 1.64. The van der Waals surface area contributed by atoms with Gasteiger partial charge in [-0.25, -0.2) is 0 Å². The number of methoxy groups -OCH3 is 1. The fourth-order valence-corrected chi connectivity index (χ4v) is 8.45. The third-order valence-corrected chi connectivity index (χ3v) is 14.4. The lowest BCUT2D eigenvalue weighted by molar-refractivity contribution is -0.0328. The first-order chi connectivity index (χ1) is 59.4. The second-order valence-corrected chi connectivity index (χ2v) is 24.0. The molecule has 40 nitrogen and oxygen atoms in total. The first-order valence-corrected chi connectivity index (χ1v) is 42.5. The van der Waals surface area contributed by atoms with Crippen LogP contribution in [-0.2, 0) is 185 Å². The van der Waals surface area contributed by atoms with Crippen LogP contribution in [0.5, 0.6) is 0 Å². The van der Waals surface area contributed by atoms with E-state index in [9.17, 15) is 0 Å². The summed E-state index contributed by atoms with van der Waals surface area (Å²) >= 11 is 0. The third-order valence-electron chi connectivity index (χ3n) is 14.4. The van der Waals surface area contributed by atoms with Crippen LogP contribution in [0, 0.1) is 0 Å². The molecule has 119 heavy (non-hydrogen) atoms. The molecule has 0 heterocycles. The molecule has 0 bridgehead atoms. The molecule has 0 aliphatic heterocycles. The number of hydrogen-bond donors (Lipinski definition) is 1. The number of aliphatic hydroxyl groups is 1. The summed E-state index contributed by atoms with van der Waals surface area (Å²) in [4.78, 5) is 0. The number of rotatable bonds is 116. The van der Waals surface area contributed by atoms with Crippen LogP contribution in [0.4, 0.5) is 0 Å². The molecule has 0 atom stereocenters. The molecular formula is C79H160O40. The SMILES string of the molecule is COCCOCCOCCOCCOCCOCCOCCOCCOCCOCCOCCOCCOCCOCCOCCOCCOCCOCCOCCOCCOCCOCCOCCOCCOCCOCCOCCOCCOCCOCCOCCOCCOCCOCCOCCOCCOCCOCCOCCO. The standard InChI is InChI=1S/C79H160O40/c1-81-4-5-83-8-9-85-12-13-87-16-17-89-20-21-91-24-25-93-28-29-95-32-33-97-36-37-99-40-41-101-44-45-103-48-49-105-52-53-107-56-57-109-60-61-111-64-65-113-68-69-115-72-73-117-76-77-119-79-78-118-75-74-116-71-70-114-67-66-112-63-62-110-59-58-108-55-54-106-51-50-104-47-46-102-43-42-100-39-38-98-35-34-96-31-30-94-27-26-92-23-22-90-19-18-88-15-14-86-11-10-84-7-6-82-3-2-80/h80H,2-79H2,1H3. The van der Waals surface area contributed by atoms with Gasteiger partial charge in [-0.15, -0.1) is 0 Å². The fourth-order valence-electron chi connectivity index (χ4n) is 8.45. The fraction of sp³-hybridized carbons (Fsp3) is 1.00. The smallest absolute Gasteiger partial charge is 0.0701 e. The number of aliphatic hydroxyl groups excluding tert-OH is 1. The third kappa shape index (κ3) is 116. The van der Waals surface area contributed by atoms with Crippen molar-refractivity contribution < 1.29 is 190 Å². The van der Waals surface area contributed by atoms with Gasteiger partial charge in [-0.1, -0.05) is 0 Å². The van der Waals surface area contributed by atoms with Crippen LogP contribution in [0.15, 0.2) is 0 Å². The minimum atomic E-state index is 0.0150. The topological polar surface area (TPSA) is 380 Å². The molecule has 0 aliphatic carbocycles. The Labute approximate surface area is 709 Å². The monoisotopic (exact) mass is 1750 g/mol. The molecule has 0 saturated heterocycles. The van der Waals surface area contributed by atoms with Crippen LogP contribution in [-0.4, -0.2) is 528 Å². The van der Waals surface area contributed by atoms with Gasteiger partial charge in [-0.3, -0.25) is 0 Å². The molecule has 0 aliphatic rings. The Morgan fingerprint density at radius 3 is 0.185 bits per heavy atom. The van der Waals surface area contributed by atoms with Gasteiger partial charge < -0.3 is 190 Å². The average Bonchev–Trinajstić information content (AvgIpc) is 1.70. The van der Waals surface area contributed by atoms with E-state index in [1.54, 1.807) is 7.11 Å². The molecular weight excluding hydrogens is 1590 g/mol. The zero-order chi connectivity index (χ0) is 84.7. The minimum Gasteiger partial charge on any atom is -0.394 e. The summed E-state index contributed by atoms with van der Waals surface area (Å²) in [5.41, 5.74) is 0. The van der Waals surface area contributed by atoms with Crippen LogP contribution in [0.2, 0.25) is 0 Å². The summed E-state index contributed by atoms with van der Waals surface area (Å²) < 4.78 is 214. The Hall–Kier alpha value is -1.60. The highest BCUT2D eigenvalue weighted by Crippen LogP contribution is 1.95. The molecule has 0 aromatic heterocycles. The Balaban J connectivity index is 3.10. The molecule has 0 amide bonds. The molecule has 1 N–H and O–H groups in total. The zero-order valence-electron chi connectivity index (χ0n) is 72.5. The van der Waals surface area contributed by atoms with E-state index in [-0.39, 0.29) is 6.61 Å². The predicted octanol–water partition coefficient (Wildman–Crippen LogP) is 0.256. The predicted molar refractivity (Wildman–Crippen MR) is 430 cm³/mol. The van der Waals surface area contributed by atoms with Crippen LogP contribution >= 0.6 is 0 Å². The highest BCUT2D eigenvalue weighted by Gasteiger charge is 2.05. The van der Waals surface area contributed by atoms with Crippen LogP contribution < -0.4 is 0 Å². The number of hydrogen-bond acceptors (Lipinski definition) is 40. The maximum Gasteiger partial charge on any atom is 0.0701 e. The van der Waals surface area contributed by atoms with Crippen molar-refractivity contribution in [1.82, 2.24) is 0 Å². The van der Waals surface area contributed by atoms with E-state index < -0.39 is 0 Å². The molecule has 0 saturated carbocycles. The van der Waals surface area contributed by atoms with Crippen molar-refractivity contribution in [2.45, 2.75) is 0 Å². The van der Waals surface area contributed by atoms with Gasteiger partial charge in [-0.2, -0.15) is 0 Å². The van der Waals surface area contributed by atoms with Gasteiger partial charge in [0, 0.05) is 7.11 Å². The molecule has 0 radical (unpaired) electrons. The second-order valence-electron chi connectivity index (χ2n) is 24.0. The van der Waals surface area contributed by atoms with Gasteiger partial charge >= 0.3 is 0 Å². The quantitative estimate of drug-likeness (QED) is 0.0798. The van der Waals surface area contributed by atoms with Crippen molar-refractivity contribution in [3.63, 3.8) is 0 Å². The first kappa shape index (κ1) is 117. The molecule has 716 valence electrons. The summed E-state index contributed by atoms with van der Waals surface area (Å²) in [6, 6.07) is 0. The Kier molecular flexibility index (Phi) is 115. The van der Waals surface area contributed by atoms with E-state index in [0.29, 0.717) is 509 Å². The van der Waals surface area contributed by atoms with E-state index in [4.69, 9.17) is 190 Å². The molecule has 0 fully saturated rings. The molecule has 0 rings (SSSR count). The maximum absolute atomic E-state index is 8.63. The van der Waals surface area contributed by atoms with Crippen molar-refractivity contribution in [1.29, 1.82) is 0 Å². The maximum atomic E-state index is 8.63. The normalized spacial score (nSPS) is 11.8. The van der Waals surface area contributed by atoms with Crippen molar-refractivity contribution in [3.05, 3.63) is 0 Å². The summed E-state index contributed by atoms with van der Waals surface area (Å²) in [5.74, 6) is 0. The summed E-state index contributed by atoms with van der Waals surface area (Å²) in [6.45, 7) is 37.3. The van der Waals surface area contributed by atoms with E-state index >= 15 is 0 Å². The van der Waals surface area contributed by atoms with Gasteiger partial charge in [0.1, 0.15) is 0 Å². The Morgan fingerprint density at radius 1 is 0.0840 bits per heavy atom. The van der Waals surface area contributed by atoms with Gasteiger partial charge in [0.25, 0.3) is 0 Å². The summed E-state index contributed by atoms with van der Waals surface area (Å²) in [6.07, 6.45) is 0. The van der Waals surface area contributed by atoms with E-state index in [1.807, 2.05) is 0 Å². The van der Waals surface area contributed by atoms with Crippen LogP contribution in [0.1, 0.15) is 0 Å². The highest BCUT2D eigenvalue weighted by molar-refractivity contribution is 4.47. The lowest BCUT2D eigenvalue weighted by Crippen LogP contribution is -2.16. The summed E-state index contributed by atoms with van der Waals surface area (Å²) in [5, 5.41) is 8.63. The van der Waals surface area contributed by atoms with E-state index in [0.717, 1.165) is 0 Å². The van der Waals surface area contributed by atoms with Crippen molar-refractivity contribution in [2.75, 3.05) is 522 Å². The second kappa shape index (κ2) is 116. The molecule has 0 spiro atoms.